The van der Waals surface area contributed by atoms with Gasteiger partial charge in [0.1, 0.15) is 5.76 Å². The summed E-state index contributed by atoms with van der Waals surface area (Å²) in [4.78, 5) is 27.5. The van der Waals surface area contributed by atoms with Gasteiger partial charge in [-0.05, 0) is 74.1 Å². The van der Waals surface area contributed by atoms with Crippen molar-refractivity contribution in [3.63, 3.8) is 0 Å². The summed E-state index contributed by atoms with van der Waals surface area (Å²) in [5, 5.41) is 14.9. The molecule has 5 heterocycles. The van der Waals surface area contributed by atoms with Crippen LogP contribution in [0.25, 0.3) is 0 Å². The van der Waals surface area contributed by atoms with Gasteiger partial charge in [-0.1, -0.05) is 38.7 Å². The summed E-state index contributed by atoms with van der Waals surface area (Å²) in [7, 11) is 1.42. The number of fused-ring (bicyclic) bond motifs is 5. The number of nitrogens with zero attached hydrogens (tertiary/aromatic N) is 3. The van der Waals surface area contributed by atoms with Gasteiger partial charge in [-0.25, -0.2) is 15.0 Å². The number of carbonyl (C=O) groups is 1. The lowest BCUT2D eigenvalue weighted by molar-refractivity contribution is -0.140. The van der Waals surface area contributed by atoms with Crippen LogP contribution in [0.2, 0.25) is 0 Å². The number of aliphatic imine (C=N–C) groups is 3. The van der Waals surface area contributed by atoms with Gasteiger partial charge in [-0.3, -0.25) is 4.79 Å². The summed E-state index contributed by atoms with van der Waals surface area (Å²) < 4.78 is 4.99. The van der Waals surface area contributed by atoms with Crippen LogP contribution in [0.3, 0.4) is 0 Å². The van der Waals surface area contributed by atoms with Crippen molar-refractivity contribution in [2.24, 2.45) is 26.8 Å². The Morgan fingerprint density at radius 1 is 1.09 bits per heavy atom. The van der Waals surface area contributed by atoms with Crippen molar-refractivity contribution >= 4 is 23.1 Å². The highest BCUT2D eigenvalue weighted by Gasteiger charge is 2.41. The third kappa shape index (κ3) is 4.67. The van der Waals surface area contributed by atoms with Crippen molar-refractivity contribution in [1.29, 1.82) is 0 Å². The molecule has 7 heteroatoms. The normalized spacial score (nSPS) is 24.5. The van der Waals surface area contributed by atoms with Crippen molar-refractivity contribution in [3.8, 4) is 0 Å². The minimum atomic E-state index is -0.233. The van der Waals surface area contributed by atoms with Crippen LogP contribution in [-0.2, 0) is 9.53 Å². The smallest absolute Gasteiger partial charge is 0.305 e. The van der Waals surface area contributed by atoms with Gasteiger partial charge in [-0.15, -0.1) is 0 Å². The molecule has 2 N–H and O–H groups in total. The Balaban J connectivity index is 1.60. The molecular weight excluding hydrogens is 536 g/mol. The fraction of sp³-hybridized carbons (Fsp3) is 0.333. The standard InChI is InChI=1S/C36H38N4O3/c1-8-10-11-23-19(4)26-15-28-20(5)24(12-13-33(42)43-7)35(39-28)25-14-32(41)34-21(6)29(40-36(25)34)17-30-22(9-2)18(3)27(37-30)16-31(23)38-26/h8,10-11,15-17,20,24,39,41H,1,9,12-14H2,2-7H3/b11-10+,28-15?,30-17?,31-16?,35-25?/t20-,24-/m0/s1. The molecule has 1 aliphatic carbocycles. The van der Waals surface area contributed by atoms with Gasteiger partial charge in [0.15, 0.2) is 0 Å². The van der Waals surface area contributed by atoms with Crippen molar-refractivity contribution in [2.75, 3.05) is 7.11 Å². The van der Waals surface area contributed by atoms with Crippen LogP contribution < -0.4 is 5.32 Å². The molecule has 0 unspecified atom stereocenters. The first-order chi connectivity index (χ1) is 20.7. The number of methoxy groups -OCH3 is 1. The Kier molecular flexibility index (Phi) is 7.28. The molecule has 0 aromatic carbocycles. The van der Waals surface area contributed by atoms with E-state index in [0.29, 0.717) is 25.0 Å². The van der Waals surface area contributed by atoms with Crippen molar-refractivity contribution in [1.82, 2.24) is 5.32 Å². The number of nitrogens with one attached hydrogen (secondary N) is 1. The molecule has 1 saturated heterocycles. The first-order valence-corrected chi connectivity index (χ1v) is 15.0. The Morgan fingerprint density at radius 2 is 1.84 bits per heavy atom. The van der Waals surface area contributed by atoms with E-state index in [1.807, 2.05) is 13.0 Å². The zero-order chi connectivity index (χ0) is 30.6. The summed E-state index contributed by atoms with van der Waals surface area (Å²) >= 11 is 0. The number of ether oxygens (including phenoxy) is 1. The number of rotatable bonds is 6. The van der Waals surface area contributed by atoms with Crippen LogP contribution in [0.5, 0.6) is 0 Å². The maximum Gasteiger partial charge on any atom is 0.305 e. The largest absolute Gasteiger partial charge is 0.511 e. The molecule has 2 atom stereocenters. The van der Waals surface area contributed by atoms with Crippen LogP contribution >= 0.6 is 0 Å². The average Bonchev–Trinajstić information content (AvgIpc) is 3.73. The SMILES string of the molecule is C=C/C=C/C1=C(C)C2=NC1=CC1=NC(=CC3=C(C)C4=C(O)CC(=C5NC(=C2)[C@@H](C)[C@@H]5CCC(=O)OC)C4=N3)C(CC)=C1C. The van der Waals surface area contributed by atoms with Gasteiger partial charge in [0.05, 0.1) is 41.3 Å². The van der Waals surface area contributed by atoms with Crippen molar-refractivity contribution in [2.45, 2.75) is 60.3 Å². The zero-order valence-electron chi connectivity index (χ0n) is 25.8. The third-order valence-corrected chi connectivity index (χ3v) is 9.39. The highest BCUT2D eigenvalue weighted by molar-refractivity contribution is 6.21. The highest BCUT2D eigenvalue weighted by atomic mass is 16.5. The summed E-state index contributed by atoms with van der Waals surface area (Å²) in [5.74, 6) is 0.202. The quantitative estimate of drug-likeness (QED) is 0.256. The second-order valence-corrected chi connectivity index (χ2v) is 11.7. The molecule has 220 valence electrons. The number of hydrogen-bond acceptors (Lipinski definition) is 7. The molecule has 0 aromatic heterocycles. The van der Waals surface area contributed by atoms with E-state index in [9.17, 15) is 9.90 Å². The maximum absolute atomic E-state index is 12.2. The zero-order valence-corrected chi connectivity index (χ0v) is 25.8. The van der Waals surface area contributed by atoms with Gasteiger partial charge in [0.2, 0.25) is 0 Å². The molecular formula is C36H38N4O3. The summed E-state index contributed by atoms with van der Waals surface area (Å²) in [6.45, 7) is 14.4. The maximum atomic E-state index is 12.2. The lowest BCUT2D eigenvalue weighted by atomic mass is 9.86. The topological polar surface area (TPSA) is 95.6 Å². The Hall–Kier alpha value is -4.52. The number of allylic oxidation sites excluding steroid dienone is 14. The van der Waals surface area contributed by atoms with Gasteiger partial charge in [0, 0.05) is 52.8 Å². The van der Waals surface area contributed by atoms with Gasteiger partial charge < -0.3 is 15.2 Å². The van der Waals surface area contributed by atoms with E-state index in [1.165, 1.54) is 12.7 Å². The number of aliphatic hydroxyl groups excluding tert-OH is 1. The summed E-state index contributed by atoms with van der Waals surface area (Å²) in [5.41, 5.74) is 14.3. The molecule has 5 aliphatic heterocycles. The first-order valence-electron chi connectivity index (χ1n) is 15.0. The average molecular weight is 575 g/mol. The van der Waals surface area contributed by atoms with Crippen molar-refractivity contribution in [3.05, 3.63) is 116 Å². The fourth-order valence-electron chi connectivity index (χ4n) is 6.87. The summed E-state index contributed by atoms with van der Waals surface area (Å²) in [6, 6.07) is 0. The molecule has 0 amide bonds. The fourth-order valence-corrected chi connectivity index (χ4v) is 6.87. The minimum absolute atomic E-state index is 0.0221. The monoisotopic (exact) mass is 574 g/mol. The summed E-state index contributed by atoms with van der Waals surface area (Å²) in [6.07, 6.45) is 14.2. The molecule has 6 rings (SSSR count). The Morgan fingerprint density at radius 3 is 2.56 bits per heavy atom. The number of esters is 1. The second-order valence-electron chi connectivity index (χ2n) is 11.7. The van der Waals surface area contributed by atoms with E-state index in [1.54, 1.807) is 6.08 Å². The minimum Gasteiger partial charge on any atom is -0.511 e. The lowest BCUT2D eigenvalue weighted by Gasteiger charge is -2.17. The predicted octanol–water partition coefficient (Wildman–Crippen LogP) is 7.35. The second kappa shape index (κ2) is 11.0. The first kappa shape index (κ1) is 28.6. The van der Waals surface area contributed by atoms with E-state index in [0.717, 1.165) is 85.5 Å². The molecule has 7 nitrogen and oxygen atoms in total. The Labute approximate surface area is 253 Å². The molecule has 6 aliphatic rings. The van der Waals surface area contributed by atoms with E-state index in [2.05, 4.69) is 63.9 Å². The van der Waals surface area contributed by atoms with Gasteiger partial charge in [0.25, 0.3) is 0 Å². The number of carbonyl (C=O) groups excluding carboxylic acids is 1. The van der Waals surface area contributed by atoms with Gasteiger partial charge >= 0.3 is 5.97 Å². The van der Waals surface area contributed by atoms with Crippen LogP contribution in [0.15, 0.2) is 131 Å². The molecule has 0 radical (unpaired) electrons. The predicted molar refractivity (Wildman–Crippen MR) is 173 cm³/mol. The molecule has 0 aromatic rings. The number of aliphatic hydroxyl groups is 1. The third-order valence-electron chi connectivity index (χ3n) is 9.39. The molecule has 43 heavy (non-hydrogen) atoms. The lowest BCUT2D eigenvalue weighted by Crippen LogP contribution is -2.16. The van der Waals surface area contributed by atoms with Crippen LogP contribution in [0, 0.1) is 11.8 Å². The van der Waals surface area contributed by atoms with Crippen LogP contribution in [0.4, 0.5) is 0 Å². The van der Waals surface area contributed by atoms with E-state index in [4.69, 9.17) is 19.7 Å². The van der Waals surface area contributed by atoms with Crippen molar-refractivity contribution < 1.29 is 14.6 Å². The molecule has 8 bridgehead atoms. The van der Waals surface area contributed by atoms with E-state index in [-0.39, 0.29) is 17.8 Å². The Bertz CT molecular complexity index is 1760. The van der Waals surface area contributed by atoms with Crippen LogP contribution in [0.1, 0.15) is 60.3 Å². The van der Waals surface area contributed by atoms with Gasteiger partial charge in [-0.2, -0.15) is 0 Å². The number of hydrogen-bond donors (Lipinski definition) is 2. The van der Waals surface area contributed by atoms with E-state index >= 15 is 0 Å². The molecule has 0 saturated carbocycles. The molecule has 0 spiro atoms. The van der Waals surface area contributed by atoms with Crippen LogP contribution in [-0.4, -0.2) is 35.3 Å². The van der Waals surface area contributed by atoms with E-state index < -0.39 is 0 Å². The molecule has 1 fully saturated rings. The highest BCUT2D eigenvalue weighted by Crippen LogP contribution is 2.46.